The monoisotopic (exact) mass is 300 g/mol. The van der Waals surface area contributed by atoms with Gasteiger partial charge in [0.05, 0.1) is 18.6 Å². The highest BCUT2D eigenvalue weighted by atomic mass is 16.6. The summed E-state index contributed by atoms with van der Waals surface area (Å²) in [5.74, 6) is 0. The van der Waals surface area contributed by atoms with E-state index in [2.05, 4.69) is 4.98 Å². The summed E-state index contributed by atoms with van der Waals surface area (Å²) in [7, 11) is 0. The molecule has 0 saturated carbocycles. The van der Waals surface area contributed by atoms with Crippen LogP contribution in [0.3, 0.4) is 0 Å². The molecule has 3 rings (SSSR count). The van der Waals surface area contributed by atoms with E-state index in [9.17, 15) is 9.90 Å². The Labute approximate surface area is 129 Å². The van der Waals surface area contributed by atoms with Gasteiger partial charge in [0.15, 0.2) is 0 Å². The largest absolute Gasteiger partial charge is 0.444 e. The molecule has 5 heteroatoms. The number of benzene rings is 1. The smallest absolute Gasteiger partial charge is 0.410 e. The van der Waals surface area contributed by atoms with Crippen LogP contribution in [0.1, 0.15) is 26.3 Å². The number of pyridine rings is 1. The van der Waals surface area contributed by atoms with Crippen molar-refractivity contribution in [2.45, 2.75) is 32.0 Å². The molecule has 0 atom stereocenters. The molecule has 22 heavy (non-hydrogen) atoms. The number of rotatable bonds is 1. The fraction of sp³-hybridized carbons (Fsp3) is 0.412. The third kappa shape index (κ3) is 2.76. The van der Waals surface area contributed by atoms with Gasteiger partial charge in [0, 0.05) is 17.1 Å². The first-order chi connectivity index (χ1) is 10.3. The first-order valence-corrected chi connectivity index (χ1v) is 7.32. The van der Waals surface area contributed by atoms with Crippen molar-refractivity contribution in [2.75, 3.05) is 13.1 Å². The van der Waals surface area contributed by atoms with Crippen LogP contribution >= 0.6 is 0 Å². The Morgan fingerprint density at radius 1 is 1.32 bits per heavy atom. The van der Waals surface area contributed by atoms with Gasteiger partial charge in [-0.1, -0.05) is 18.2 Å². The molecule has 1 saturated heterocycles. The molecule has 2 heterocycles. The molecule has 0 bridgehead atoms. The second kappa shape index (κ2) is 4.95. The van der Waals surface area contributed by atoms with Crippen molar-refractivity contribution >= 4 is 17.0 Å². The molecular weight excluding hydrogens is 280 g/mol. The van der Waals surface area contributed by atoms with Gasteiger partial charge in [-0.15, -0.1) is 0 Å². The number of hydrogen-bond acceptors (Lipinski definition) is 4. The highest BCUT2D eigenvalue weighted by Gasteiger charge is 2.46. The molecule has 0 spiro atoms. The van der Waals surface area contributed by atoms with Gasteiger partial charge in [-0.25, -0.2) is 4.79 Å². The Kier molecular flexibility index (Phi) is 3.33. The second-order valence-corrected chi connectivity index (χ2v) is 6.78. The van der Waals surface area contributed by atoms with E-state index in [0.717, 1.165) is 16.5 Å². The maximum absolute atomic E-state index is 11.9. The van der Waals surface area contributed by atoms with Gasteiger partial charge >= 0.3 is 6.09 Å². The van der Waals surface area contributed by atoms with Crippen LogP contribution < -0.4 is 0 Å². The van der Waals surface area contributed by atoms with E-state index < -0.39 is 17.3 Å². The van der Waals surface area contributed by atoms with Crippen molar-refractivity contribution in [3.8, 4) is 0 Å². The van der Waals surface area contributed by atoms with Gasteiger partial charge in [-0.05, 0) is 32.9 Å². The minimum atomic E-state index is -1.05. The third-order valence-electron chi connectivity index (χ3n) is 3.68. The lowest BCUT2D eigenvalue weighted by molar-refractivity contribution is -0.103. The van der Waals surface area contributed by atoms with Crippen LogP contribution in [0.15, 0.2) is 36.5 Å². The molecule has 1 aliphatic heterocycles. The van der Waals surface area contributed by atoms with Crippen LogP contribution in [-0.4, -0.2) is 39.8 Å². The summed E-state index contributed by atoms with van der Waals surface area (Å²) in [4.78, 5) is 17.8. The zero-order chi connectivity index (χ0) is 16.0. The minimum Gasteiger partial charge on any atom is -0.444 e. The lowest BCUT2D eigenvalue weighted by Crippen LogP contribution is -2.61. The number of ether oxygens (including phenoxy) is 1. The molecule has 0 radical (unpaired) electrons. The van der Waals surface area contributed by atoms with Gasteiger partial charge in [0.25, 0.3) is 0 Å². The number of amides is 1. The summed E-state index contributed by atoms with van der Waals surface area (Å²) in [6, 6.07) is 9.67. The zero-order valence-corrected chi connectivity index (χ0v) is 13.0. The Hall–Kier alpha value is -2.14. The zero-order valence-electron chi connectivity index (χ0n) is 13.0. The molecule has 1 aliphatic rings. The van der Waals surface area contributed by atoms with E-state index in [1.54, 1.807) is 6.20 Å². The first kappa shape index (κ1) is 14.8. The summed E-state index contributed by atoms with van der Waals surface area (Å²) in [6.07, 6.45) is 1.28. The highest BCUT2D eigenvalue weighted by molar-refractivity contribution is 5.79. The van der Waals surface area contributed by atoms with Crippen molar-refractivity contribution in [1.82, 2.24) is 9.88 Å². The topological polar surface area (TPSA) is 62.7 Å². The number of aromatic nitrogens is 1. The fourth-order valence-corrected chi connectivity index (χ4v) is 2.55. The Bertz CT molecular complexity index is 715. The molecule has 1 fully saturated rings. The standard InChI is InChI=1S/C17H20N2O3/c1-16(2,3)22-15(20)19-10-17(21,11-19)13-8-12-6-4-5-7-14(12)18-9-13/h4-9,21H,10-11H2,1-3H3. The van der Waals surface area contributed by atoms with E-state index in [1.165, 1.54) is 4.90 Å². The number of carbonyl (C=O) groups excluding carboxylic acids is 1. The highest BCUT2D eigenvalue weighted by Crippen LogP contribution is 2.33. The number of nitrogens with zero attached hydrogens (tertiary/aromatic N) is 2. The first-order valence-electron chi connectivity index (χ1n) is 7.32. The molecule has 0 aliphatic carbocycles. The SMILES string of the molecule is CC(C)(C)OC(=O)N1CC(O)(c2cnc3ccccc3c2)C1. The molecule has 1 amide bonds. The predicted molar refractivity (Wildman–Crippen MR) is 83.4 cm³/mol. The van der Waals surface area contributed by atoms with E-state index in [0.29, 0.717) is 0 Å². The van der Waals surface area contributed by atoms with Crippen molar-refractivity contribution in [3.63, 3.8) is 0 Å². The van der Waals surface area contributed by atoms with E-state index in [1.807, 2.05) is 51.1 Å². The van der Waals surface area contributed by atoms with Crippen molar-refractivity contribution in [2.24, 2.45) is 0 Å². The fourth-order valence-electron chi connectivity index (χ4n) is 2.55. The molecule has 1 aromatic carbocycles. The van der Waals surface area contributed by atoms with E-state index in [4.69, 9.17) is 4.74 Å². The van der Waals surface area contributed by atoms with Crippen LogP contribution in [0.2, 0.25) is 0 Å². The van der Waals surface area contributed by atoms with E-state index >= 15 is 0 Å². The number of aliphatic hydroxyl groups is 1. The predicted octanol–water partition coefficient (Wildman–Crippen LogP) is 2.67. The Balaban J connectivity index is 1.74. The molecule has 1 aromatic heterocycles. The van der Waals surface area contributed by atoms with Crippen LogP contribution in [-0.2, 0) is 10.3 Å². The van der Waals surface area contributed by atoms with Gasteiger partial charge < -0.3 is 14.7 Å². The maximum atomic E-state index is 11.9. The molecule has 1 N–H and O–H groups in total. The average molecular weight is 300 g/mol. The Morgan fingerprint density at radius 2 is 2.00 bits per heavy atom. The lowest BCUT2D eigenvalue weighted by Gasteiger charge is -2.46. The summed E-state index contributed by atoms with van der Waals surface area (Å²) in [5.41, 5.74) is 0.0349. The molecule has 0 unspecified atom stereocenters. The number of hydrogen-bond donors (Lipinski definition) is 1. The van der Waals surface area contributed by atoms with Gasteiger partial charge in [-0.2, -0.15) is 0 Å². The summed E-state index contributed by atoms with van der Waals surface area (Å²) in [6.45, 7) is 5.92. The van der Waals surface area contributed by atoms with Crippen molar-refractivity contribution in [3.05, 3.63) is 42.1 Å². The van der Waals surface area contributed by atoms with E-state index in [-0.39, 0.29) is 13.1 Å². The van der Waals surface area contributed by atoms with Crippen molar-refractivity contribution in [1.29, 1.82) is 0 Å². The maximum Gasteiger partial charge on any atom is 0.410 e. The van der Waals surface area contributed by atoms with Gasteiger partial charge in [0.1, 0.15) is 11.2 Å². The molecule has 2 aromatic rings. The summed E-state index contributed by atoms with van der Waals surface area (Å²) in [5, 5.41) is 11.6. The van der Waals surface area contributed by atoms with Gasteiger partial charge in [-0.3, -0.25) is 4.98 Å². The third-order valence-corrected chi connectivity index (χ3v) is 3.68. The summed E-state index contributed by atoms with van der Waals surface area (Å²) < 4.78 is 5.30. The number of fused-ring (bicyclic) bond motifs is 1. The number of likely N-dealkylation sites (tertiary alicyclic amines) is 1. The average Bonchev–Trinajstić information content (AvgIpc) is 2.41. The van der Waals surface area contributed by atoms with Crippen LogP contribution in [0.5, 0.6) is 0 Å². The van der Waals surface area contributed by atoms with Crippen LogP contribution in [0, 0.1) is 0 Å². The number of β-amino-alcohol motifs (C(OH)–C–C–N with tert-alkyl or cyclic N) is 1. The van der Waals surface area contributed by atoms with Crippen LogP contribution in [0.25, 0.3) is 10.9 Å². The quantitative estimate of drug-likeness (QED) is 0.879. The molecule has 5 nitrogen and oxygen atoms in total. The van der Waals surface area contributed by atoms with Crippen molar-refractivity contribution < 1.29 is 14.6 Å². The summed E-state index contributed by atoms with van der Waals surface area (Å²) >= 11 is 0. The second-order valence-electron chi connectivity index (χ2n) is 6.78. The Morgan fingerprint density at radius 3 is 2.68 bits per heavy atom. The number of para-hydroxylation sites is 1. The minimum absolute atomic E-state index is 0.224. The lowest BCUT2D eigenvalue weighted by atomic mass is 9.87. The van der Waals surface area contributed by atoms with Crippen LogP contribution in [0.4, 0.5) is 4.79 Å². The molecule has 116 valence electrons. The number of carbonyl (C=O) groups is 1. The van der Waals surface area contributed by atoms with Gasteiger partial charge in [0.2, 0.25) is 0 Å². The normalized spacial score (nSPS) is 17.2. The molecular formula is C17H20N2O3.